The van der Waals surface area contributed by atoms with E-state index in [1.807, 2.05) is 0 Å². The molecule has 2 N–H and O–H groups in total. The number of hydrogen-bond acceptors (Lipinski definition) is 6. The number of hydrogen-bond donors (Lipinski definition) is 2. The third-order valence-electron chi connectivity index (χ3n) is 3.41. The van der Waals surface area contributed by atoms with E-state index in [0.717, 1.165) is 0 Å². The Morgan fingerprint density at radius 2 is 2.08 bits per heavy atom. The highest BCUT2D eigenvalue weighted by atomic mass is 32.2. The Morgan fingerprint density at radius 3 is 2.62 bits per heavy atom. The summed E-state index contributed by atoms with van der Waals surface area (Å²) in [7, 11) is -7.21. The maximum atomic E-state index is 12.6. The van der Waals surface area contributed by atoms with Crippen molar-refractivity contribution in [2.75, 3.05) is 23.4 Å². The third-order valence-corrected chi connectivity index (χ3v) is 6.72. The fourth-order valence-electron chi connectivity index (χ4n) is 2.44. The first-order valence-corrected chi connectivity index (χ1v) is 10.7. The van der Waals surface area contributed by atoms with Crippen LogP contribution in [0.3, 0.4) is 0 Å². The monoisotopic (exact) mass is 376 g/mol. The van der Waals surface area contributed by atoms with Gasteiger partial charge in [0.15, 0.2) is 9.84 Å². The SMILES string of the molecule is CCOc1ccc(NC(C)=O)cc1S(=O)(=O)N[C@H]1CCS(=O)(=O)C1. The highest BCUT2D eigenvalue weighted by Gasteiger charge is 2.32. The summed E-state index contributed by atoms with van der Waals surface area (Å²) in [5.41, 5.74) is 0.311. The standard InChI is InChI=1S/C14H20N2O6S2/c1-3-22-13-5-4-11(15-10(2)17)8-14(13)24(20,21)16-12-6-7-23(18,19)9-12/h4-5,8,12,16H,3,6-7,9H2,1-2H3,(H,15,17)/t12-/m0/s1. The van der Waals surface area contributed by atoms with E-state index >= 15 is 0 Å². The van der Waals surface area contributed by atoms with Gasteiger partial charge in [0.2, 0.25) is 15.9 Å². The lowest BCUT2D eigenvalue weighted by molar-refractivity contribution is -0.114. The van der Waals surface area contributed by atoms with Gasteiger partial charge in [0.1, 0.15) is 10.6 Å². The van der Waals surface area contributed by atoms with Crippen LogP contribution in [0.4, 0.5) is 5.69 Å². The zero-order chi connectivity index (χ0) is 18.0. The van der Waals surface area contributed by atoms with Gasteiger partial charge in [-0.25, -0.2) is 21.6 Å². The van der Waals surface area contributed by atoms with Crippen LogP contribution >= 0.6 is 0 Å². The lowest BCUT2D eigenvalue weighted by Gasteiger charge is -2.16. The summed E-state index contributed by atoms with van der Waals surface area (Å²) in [6.07, 6.45) is 0.233. The summed E-state index contributed by atoms with van der Waals surface area (Å²) in [5.74, 6) is -0.455. The van der Waals surface area contributed by atoms with E-state index in [1.165, 1.54) is 25.1 Å². The Bertz CT molecular complexity index is 833. The first-order chi connectivity index (χ1) is 11.1. The van der Waals surface area contributed by atoms with Crippen molar-refractivity contribution >= 4 is 31.5 Å². The van der Waals surface area contributed by atoms with Gasteiger partial charge in [0.05, 0.1) is 18.1 Å². The fraction of sp³-hybridized carbons (Fsp3) is 0.500. The summed E-state index contributed by atoms with van der Waals surface area (Å²) in [4.78, 5) is 11.0. The van der Waals surface area contributed by atoms with Crippen LogP contribution in [0.2, 0.25) is 0 Å². The van der Waals surface area contributed by atoms with Crippen molar-refractivity contribution in [1.29, 1.82) is 0 Å². The second-order valence-electron chi connectivity index (χ2n) is 5.50. The van der Waals surface area contributed by atoms with E-state index in [2.05, 4.69) is 10.0 Å². The van der Waals surface area contributed by atoms with Gasteiger partial charge >= 0.3 is 0 Å². The molecule has 1 atom stereocenters. The van der Waals surface area contributed by atoms with Crippen LogP contribution in [-0.4, -0.2) is 46.9 Å². The molecule has 0 aliphatic carbocycles. The van der Waals surface area contributed by atoms with E-state index in [4.69, 9.17) is 4.74 Å². The number of sulfone groups is 1. The van der Waals surface area contributed by atoms with Crippen LogP contribution in [0.1, 0.15) is 20.3 Å². The normalized spacial score (nSPS) is 19.8. The number of nitrogens with one attached hydrogen (secondary N) is 2. The molecule has 0 bridgehead atoms. The molecule has 10 heteroatoms. The molecule has 0 aromatic heterocycles. The summed E-state index contributed by atoms with van der Waals surface area (Å²) in [5, 5.41) is 2.51. The molecule has 0 radical (unpaired) electrons. The van der Waals surface area contributed by atoms with Crippen LogP contribution < -0.4 is 14.8 Å². The molecule has 24 heavy (non-hydrogen) atoms. The Labute approximate surface area is 141 Å². The summed E-state index contributed by atoms with van der Waals surface area (Å²) in [6.45, 7) is 3.29. The Kier molecular flexibility index (Phi) is 5.51. The van der Waals surface area contributed by atoms with Crippen LogP contribution in [-0.2, 0) is 24.7 Å². The molecule has 1 aromatic rings. The molecule has 0 saturated carbocycles. The molecule has 2 rings (SSSR count). The van der Waals surface area contributed by atoms with E-state index in [9.17, 15) is 21.6 Å². The quantitative estimate of drug-likeness (QED) is 0.747. The molecular formula is C14H20N2O6S2. The number of sulfonamides is 1. The largest absolute Gasteiger partial charge is 0.492 e. The van der Waals surface area contributed by atoms with E-state index in [0.29, 0.717) is 5.69 Å². The number of ether oxygens (including phenoxy) is 1. The predicted molar refractivity (Wildman–Crippen MR) is 89.3 cm³/mol. The molecule has 1 aliphatic heterocycles. The maximum absolute atomic E-state index is 12.6. The second-order valence-corrected chi connectivity index (χ2v) is 9.41. The van der Waals surface area contributed by atoms with Gasteiger partial charge in [-0.1, -0.05) is 0 Å². The third kappa shape index (κ3) is 4.68. The number of anilines is 1. The predicted octanol–water partition coefficient (Wildman–Crippen LogP) is 0.509. The minimum Gasteiger partial charge on any atom is -0.492 e. The maximum Gasteiger partial charge on any atom is 0.244 e. The molecule has 1 amide bonds. The molecular weight excluding hydrogens is 356 g/mol. The minimum absolute atomic E-state index is 0.0373. The topological polar surface area (TPSA) is 119 Å². The molecule has 1 heterocycles. The number of rotatable bonds is 6. The smallest absolute Gasteiger partial charge is 0.244 e. The average Bonchev–Trinajstić information content (AvgIpc) is 2.78. The Balaban J connectivity index is 2.34. The van der Waals surface area contributed by atoms with Crippen molar-refractivity contribution in [3.8, 4) is 5.75 Å². The molecule has 1 aromatic carbocycles. The zero-order valence-electron chi connectivity index (χ0n) is 13.4. The van der Waals surface area contributed by atoms with E-state index in [1.54, 1.807) is 6.92 Å². The van der Waals surface area contributed by atoms with Crippen LogP contribution in [0.5, 0.6) is 5.75 Å². The van der Waals surface area contributed by atoms with Crippen molar-refractivity contribution in [1.82, 2.24) is 4.72 Å². The highest BCUT2D eigenvalue weighted by Crippen LogP contribution is 2.28. The van der Waals surface area contributed by atoms with Crippen molar-refractivity contribution in [3.05, 3.63) is 18.2 Å². The van der Waals surface area contributed by atoms with Crippen LogP contribution in [0, 0.1) is 0 Å². The van der Waals surface area contributed by atoms with Gasteiger partial charge in [-0.15, -0.1) is 0 Å². The molecule has 0 spiro atoms. The number of amides is 1. The number of carbonyl (C=O) groups excluding carboxylic acids is 1. The zero-order valence-corrected chi connectivity index (χ0v) is 15.0. The minimum atomic E-state index is -4.00. The lowest BCUT2D eigenvalue weighted by Crippen LogP contribution is -2.35. The van der Waals surface area contributed by atoms with E-state index in [-0.39, 0.29) is 41.1 Å². The van der Waals surface area contributed by atoms with Crippen molar-refractivity contribution in [2.24, 2.45) is 0 Å². The van der Waals surface area contributed by atoms with Gasteiger partial charge in [-0.05, 0) is 31.5 Å². The summed E-state index contributed by atoms with van der Waals surface area (Å²) >= 11 is 0. The second kappa shape index (κ2) is 7.08. The Hall–Kier alpha value is -1.65. The first kappa shape index (κ1) is 18.7. The molecule has 1 saturated heterocycles. The van der Waals surface area contributed by atoms with Gasteiger partial charge < -0.3 is 10.1 Å². The van der Waals surface area contributed by atoms with Crippen molar-refractivity contribution < 1.29 is 26.4 Å². The van der Waals surface area contributed by atoms with Crippen molar-refractivity contribution in [2.45, 2.75) is 31.2 Å². The van der Waals surface area contributed by atoms with Crippen LogP contribution in [0.25, 0.3) is 0 Å². The van der Waals surface area contributed by atoms with Gasteiger partial charge in [-0.2, -0.15) is 0 Å². The summed E-state index contributed by atoms with van der Waals surface area (Å²) < 4.78 is 56.0. The van der Waals surface area contributed by atoms with Gasteiger partial charge in [-0.3, -0.25) is 4.79 Å². The molecule has 0 unspecified atom stereocenters. The highest BCUT2D eigenvalue weighted by molar-refractivity contribution is 7.92. The first-order valence-electron chi connectivity index (χ1n) is 7.40. The van der Waals surface area contributed by atoms with Gasteiger partial charge in [0, 0.05) is 18.7 Å². The Morgan fingerprint density at radius 1 is 1.38 bits per heavy atom. The van der Waals surface area contributed by atoms with Gasteiger partial charge in [0.25, 0.3) is 0 Å². The molecule has 8 nitrogen and oxygen atoms in total. The number of benzene rings is 1. The molecule has 1 fully saturated rings. The molecule has 1 aliphatic rings. The number of carbonyl (C=O) groups is 1. The van der Waals surface area contributed by atoms with Crippen molar-refractivity contribution in [3.63, 3.8) is 0 Å². The lowest BCUT2D eigenvalue weighted by atomic mass is 10.3. The van der Waals surface area contributed by atoms with E-state index < -0.39 is 25.9 Å². The average molecular weight is 376 g/mol. The van der Waals surface area contributed by atoms with Crippen LogP contribution in [0.15, 0.2) is 23.1 Å². The molecule has 134 valence electrons. The summed E-state index contributed by atoms with van der Waals surface area (Å²) in [6, 6.07) is 3.61. The fourth-order valence-corrected chi connectivity index (χ4v) is 5.66.